The van der Waals surface area contributed by atoms with E-state index in [0.29, 0.717) is 18.5 Å². The first-order valence-corrected chi connectivity index (χ1v) is 12.6. The van der Waals surface area contributed by atoms with E-state index in [2.05, 4.69) is 10.5 Å². The Hall–Kier alpha value is -3.08. The van der Waals surface area contributed by atoms with Crippen LogP contribution in [0.2, 0.25) is 5.02 Å². The van der Waals surface area contributed by atoms with Gasteiger partial charge in [0.1, 0.15) is 17.3 Å². The lowest BCUT2D eigenvalue weighted by Gasteiger charge is -2.30. The van der Waals surface area contributed by atoms with Crippen molar-refractivity contribution >= 4 is 45.4 Å². The van der Waals surface area contributed by atoms with Crippen LogP contribution in [0, 0.1) is 24.5 Å². The van der Waals surface area contributed by atoms with E-state index < -0.39 is 27.6 Å². The van der Waals surface area contributed by atoms with Crippen LogP contribution in [-0.4, -0.2) is 36.9 Å². The number of carbonyl (C=O) groups excluding carboxylic acids is 1. The fourth-order valence-corrected chi connectivity index (χ4v) is 5.78. The smallest absolute Gasteiger partial charge is 0.248 e. The fourth-order valence-electron chi connectivity index (χ4n) is 3.88. The lowest BCUT2D eigenvalue weighted by Crippen LogP contribution is -2.41. The van der Waals surface area contributed by atoms with Gasteiger partial charge in [0.25, 0.3) is 0 Å². The van der Waals surface area contributed by atoms with Crippen molar-refractivity contribution in [3.63, 3.8) is 0 Å². The Balaban J connectivity index is 1.45. The SMILES string of the molecule is Cc1noc(/C=C/c2ccccc2F)c1S(=O)(=O)N1CCC(C(=O)Nc2ccc(F)c(Cl)c2)CC1. The molecule has 0 radical (unpaired) electrons. The van der Waals surface area contributed by atoms with E-state index in [1.165, 1.54) is 41.6 Å². The zero-order valence-corrected chi connectivity index (χ0v) is 20.2. The van der Waals surface area contributed by atoms with Crippen molar-refractivity contribution in [2.75, 3.05) is 18.4 Å². The second-order valence-corrected chi connectivity index (χ2v) is 10.4. The Kier molecular flexibility index (Phi) is 7.34. The van der Waals surface area contributed by atoms with Gasteiger partial charge in [-0.15, -0.1) is 0 Å². The molecule has 0 bridgehead atoms. The molecule has 1 aromatic heterocycles. The van der Waals surface area contributed by atoms with Crippen LogP contribution < -0.4 is 5.32 Å². The number of hydrogen-bond donors (Lipinski definition) is 1. The number of rotatable bonds is 6. The van der Waals surface area contributed by atoms with Gasteiger partial charge in [-0.3, -0.25) is 4.79 Å². The molecule has 0 unspecified atom stereocenters. The molecular weight excluding hydrogens is 500 g/mol. The second kappa shape index (κ2) is 10.3. The van der Waals surface area contributed by atoms with Gasteiger partial charge < -0.3 is 9.84 Å². The summed E-state index contributed by atoms with van der Waals surface area (Å²) in [6.07, 6.45) is 3.39. The van der Waals surface area contributed by atoms with Crippen LogP contribution in [0.4, 0.5) is 14.5 Å². The van der Waals surface area contributed by atoms with E-state index in [0.717, 1.165) is 6.07 Å². The minimum absolute atomic E-state index is 0.00110. The van der Waals surface area contributed by atoms with Crippen LogP contribution in [0.5, 0.6) is 0 Å². The molecule has 0 saturated carbocycles. The monoisotopic (exact) mass is 521 g/mol. The predicted molar refractivity (Wildman–Crippen MR) is 128 cm³/mol. The van der Waals surface area contributed by atoms with Gasteiger partial charge in [0.15, 0.2) is 10.7 Å². The Bertz CT molecular complexity index is 1380. The molecule has 0 spiro atoms. The number of benzene rings is 2. The van der Waals surface area contributed by atoms with E-state index in [9.17, 15) is 22.0 Å². The molecule has 1 fully saturated rings. The number of amides is 1. The summed E-state index contributed by atoms with van der Waals surface area (Å²) in [5.74, 6) is -1.75. The summed E-state index contributed by atoms with van der Waals surface area (Å²) in [5.41, 5.74) is 0.827. The highest BCUT2D eigenvalue weighted by atomic mass is 35.5. The number of nitrogens with zero attached hydrogens (tertiary/aromatic N) is 2. The van der Waals surface area contributed by atoms with Gasteiger partial charge >= 0.3 is 0 Å². The van der Waals surface area contributed by atoms with E-state index >= 15 is 0 Å². The molecule has 0 aliphatic carbocycles. The molecule has 0 atom stereocenters. The zero-order chi connectivity index (χ0) is 25.2. The highest BCUT2D eigenvalue weighted by Gasteiger charge is 2.36. The standard InChI is InChI=1S/C24H22ClF2N3O4S/c1-15-23(22(34-29-15)9-6-16-4-2-3-5-20(16)26)35(32,33)30-12-10-17(11-13-30)24(31)28-18-7-8-21(27)19(25)14-18/h2-9,14,17H,10-13H2,1H3,(H,28,31)/b9-6+. The van der Waals surface area contributed by atoms with E-state index in [4.69, 9.17) is 16.1 Å². The van der Waals surface area contributed by atoms with Crippen molar-refractivity contribution in [2.45, 2.75) is 24.7 Å². The third-order valence-electron chi connectivity index (χ3n) is 5.76. The first-order valence-electron chi connectivity index (χ1n) is 10.8. The Morgan fingerprint density at radius 1 is 1.14 bits per heavy atom. The van der Waals surface area contributed by atoms with E-state index in [1.807, 2.05) is 0 Å². The normalized spacial score (nSPS) is 15.5. The molecule has 7 nitrogen and oxygen atoms in total. The Morgan fingerprint density at radius 2 is 1.86 bits per heavy atom. The number of sulfonamides is 1. The Labute approximate surface area is 206 Å². The van der Waals surface area contributed by atoms with Gasteiger partial charge in [0.2, 0.25) is 15.9 Å². The number of piperidine rings is 1. The molecule has 1 aliphatic heterocycles. The number of carbonyl (C=O) groups is 1. The minimum atomic E-state index is -3.97. The molecule has 1 N–H and O–H groups in total. The minimum Gasteiger partial charge on any atom is -0.355 e. The van der Waals surface area contributed by atoms with Gasteiger partial charge in [-0.05, 0) is 56.2 Å². The lowest BCUT2D eigenvalue weighted by atomic mass is 9.97. The van der Waals surface area contributed by atoms with Gasteiger partial charge in [-0.2, -0.15) is 4.31 Å². The molecule has 1 aliphatic rings. The van der Waals surface area contributed by atoms with Crippen molar-refractivity contribution in [1.29, 1.82) is 0 Å². The fraction of sp³-hybridized carbons (Fsp3) is 0.250. The number of aryl methyl sites for hydroxylation is 1. The van der Waals surface area contributed by atoms with Crippen LogP contribution in [0.25, 0.3) is 12.2 Å². The van der Waals surface area contributed by atoms with Crippen molar-refractivity contribution < 1.29 is 26.5 Å². The number of aromatic nitrogens is 1. The first-order chi connectivity index (χ1) is 16.7. The van der Waals surface area contributed by atoms with Crippen LogP contribution in [0.1, 0.15) is 29.9 Å². The van der Waals surface area contributed by atoms with Crippen LogP contribution in [0.3, 0.4) is 0 Å². The summed E-state index contributed by atoms with van der Waals surface area (Å²) >= 11 is 5.76. The number of halogens is 3. The molecular formula is C24H22ClF2N3O4S. The third-order valence-corrected chi connectivity index (χ3v) is 8.11. The van der Waals surface area contributed by atoms with Crippen molar-refractivity contribution in [3.8, 4) is 0 Å². The molecule has 184 valence electrons. The molecule has 35 heavy (non-hydrogen) atoms. The zero-order valence-electron chi connectivity index (χ0n) is 18.7. The molecule has 4 rings (SSSR count). The average Bonchev–Trinajstić information content (AvgIpc) is 3.22. The molecule has 3 aromatic rings. The number of hydrogen-bond acceptors (Lipinski definition) is 5. The highest BCUT2D eigenvalue weighted by molar-refractivity contribution is 7.89. The molecule has 2 heterocycles. The van der Waals surface area contributed by atoms with Gasteiger partial charge in [0.05, 0.1) is 5.02 Å². The molecule has 1 saturated heterocycles. The van der Waals surface area contributed by atoms with Gasteiger partial charge in [-0.1, -0.05) is 35.0 Å². The van der Waals surface area contributed by atoms with Crippen molar-refractivity contribution in [2.24, 2.45) is 5.92 Å². The van der Waals surface area contributed by atoms with Crippen LogP contribution in [0.15, 0.2) is 51.9 Å². The number of nitrogens with one attached hydrogen (secondary N) is 1. The highest BCUT2D eigenvalue weighted by Crippen LogP contribution is 2.30. The quantitative estimate of drug-likeness (QED) is 0.486. The second-order valence-electron chi connectivity index (χ2n) is 8.11. The predicted octanol–water partition coefficient (Wildman–Crippen LogP) is 5.12. The summed E-state index contributed by atoms with van der Waals surface area (Å²) < 4.78 is 60.5. The summed E-state index contributed by atoms with van der Waals surface area (Å²) in [6.45, 7) is 1.75. The Morgan fingerprint density at radius 3 is 2.54 bits per heavy atom. The average molecular weight is 522 g/mol. The molecule has 11 heteroatoms. The third kappa shape index (κ3) is 5.44. The van der Waals surface area contributed by atoms with Crippen molar-refractivity contribution in [3.05, 3.63) is 76.1 Å². The summed E-state index contributed by atoms with van der Waals surface area (Å²) in [4.78, 5) is 12.5. The molecule has 2 aromatic carbocycles. The van der Waals surface area contributed by atoms with E-state index in [1.54, 1.807) is 18.2 Å². The van der Waals surface area contributed by atoms with Gasteiger partial charge in [-0.25, -0.2) is 17.2 Å². The summed E-state index contributed by atoms with van der Waals surface area (Å²) in [6, 6.07) is 9.96. The maximum absolute atomic E-state index is 13.9. The lowest BCUT2D eigenvalue weighted by molar-refractivity contribution is -0.120. The maximum atomic E-state index is 13.9. The maximum Gasteiger partial charge on any atom is 0.248 e. The number of anilines is 1. The summed E-state index contributed by atoms with van der Waals surface area (Å²) in [5, 5.41) is 6.38. The van der Waals surface area contributed by atoms with E-state index in [-0.39, 0.29) is 45.9 Å². The topological polar surface area (TPSA) is 92.5 Å². The van der Waals surface area contributed by atoms with Crippen LogP contribution >= 0.6 is 11.6 Å². The largest absolute Gasteiger partial charge is 0.355 e. The van der Waals surface area contributed by atoms with Crippen LogP contribution in [-0.2, 0) is 14.8 Å². The first kappa shape index (κ1) is 25.0. The van der Waals surface area contributed by atoms with Crippen molar-refractivity contribution in [1.82, 2.24) is 9.46 Å². The molecule has 1 amide bonds. The van der Waals surface area contributed by atoms with Gasteiger partial charge in [0, 0.05) is 30.3 Å². The summed E-state index contributed by atoms with van der Waals surface area (Å²) in [7, 11) is -3.97.